The van der Waals surface area contributed by atoms with E-state index < -0.39 is 29.5 Å². The Morgan fingerprint density at radius 3 is 2.29 bits per heavy atom. The van der Waals surface area contributed by atoms with E-state index in [-0.39, 0.29) is 6.54 Å². The molecule has 7 nitrogen and oxygen atoms in total. The number of benzene rings is 1. The molecule has 1 aliphatic heterocycles. The van der Waals surface area contributed by atoms with E-state index in [1.54, 1.807) is 4.90 Å². The van der Waals surface area contributed by atoms with Gasteiger partial charge in [0.2, 0.25) is 5.60 Å². The van der Waals surface area contributed by atoms with E-state index in [2.05, 4.69) is 14.6 Å². The smallest absolute Gasteiger partial charge is 0.425 e. The van der Waals surface area contributed by atoms with Crippen LogP contribution in [-0.2, 0) is 28.7 Å². The van der Waals surface area contributed by atoms with Crippen LogP contribution >= 0.6 is 0 Å². The van der Waals surface area contributed by atoms with Gasteiger partial charge in [-0.2, -0.15) is 13.2 Å². The molecule has 3 rings (SSSR count). The highest BCUT2D eigenvalue weighted by atomic mass is 19.4. The molecule has 0 unspecified atom stereocenters. The predicted octanol–water partition coefficient (Wildman–Crippen LogP) is 1.78. The molecule has 0 radical (unpaired) electrons. The van der Waals surface area contributed by atoms with Crippen LogP contribution in [0.2, 0.25) is 0 Å². The highest BCUT2D eigenvalue weighted by Gasteiger charge is 2.65. The second kappa shape index (κ2) is 9.37. The number of aromatic nitrogens is 2. The van der Waals surface area contributed by atoms with Crippen molar-refractivity contribution < 1.29 is 27.8 Å². The second-order valence-electron chi connectivity index (χ2n) is 7.76. The van der Waals surface area contributed by atoms with E-state index in [1.165, 1.54) is 13.2 Å². The minimum atomic E-state index is -5.12. The van der Waals surface area contributed by atoms with E-state index in [0.717, 1.165) is 30.0 Å². The predicted molar refractivity (Wildman–Crippen MR) is 107 cm³/mol. The molecule has 0 aliphatic carbocycles. The van der Waals surface area contributed by atoms with Gasteiger partial charge in [0.25, 0.3) is 0 Å². The van der Waals surface area contributed by atoms with Crippen molar-refractivity contribution in [1.82, 2.24) is 19.4 Å². The number of hydrogen-bond donors (Lipinski definition) is 1. The Hall–Kier alpha value is -2.43. The quantitative estimate of drug-likeness (QED) is 0.662. The lowest BCUT2D eigenvalue weighted by atomic mass is 9.84. The van der Waals surface area contributed by atoms with Crippen LogP contribution in [0, 0.1) is 5.92 Å². The standard InChI is InChI=1S/C21H27F3N4O3/c1-26-9-8-25-19(26)20(30,21(22,23)24)17(18(29)31-2)15-28-12-10-27(11-13-28)14-16-6-4-3-5-7-16/h3-9,17,30H,10-15H2,1-2H3/t17-,20-/m1/s1. The number of imidazole rings is 1. The third kappa shape index (κ3) is 4.91. The summed E-state index contributed by atoms with van der Waals surface area (Å²) < 4.78 is 48.1. The van der Waals surface area contributed by atoms with E-state index >= 15 is 0 Å². The highest BCUT2D eigenvalue weighted by molar-refractivity contribution is 5.74. The molecule has 2 heterocycles. The van der Waals surface area contributed by atoms with Crippen molar-refractivity contribution in [2.24, 2.45) is 13.0 Å². The highest BCUT2D eigenvalue weighted by Crippen LogP contribution is 2.44. The number of alkyl halides is 3. The van der Waals surface area contributed by atoms with Gasteiger partial charge >= 0.3 is 12.1 Å². The first-order valence-corrected chi connectivity index (χ1v) is 10.00. The number of methoxy groups -OCH3 is 1. The van der Waals surface area contributed by atoms with Crippen molar-refractivity contribution in [3.63, 3.8) is 0 Å². The number of aryl methyl sites for hydroxylation is 1. The lowest BCUT2D eigenvalue weighted by Crippen LogP contribution is -2.58. The van der Waals surface area contributed by atoms with Gasteiger partial charge in [-0.25, -0.2) is 4.98 Å². The van der Waals surface area contributed by atoms with E-state index in [9.17, 15) is 23.1 Å². The van der Waals surface area contributed by atoms with Gasteiger partial charge in [0, 0.05) is 58.7 Å². The van der Waals surface area contributed by atoms with Gasteiger partial charge in [0.1, 0.15) is 5.92 Å². The van der Waals surface area contributed by atoms with Crippen molar-refractivity contribution in [3.05, 3.63) is 54.1 Å². The van der Waals surface area contributed by atoms with Crippen molar-refractivity contribution in [3.8, 4) is 0 Å². The van der Waals surface area contributed by atoms with Crippen LogP contribution in [0.3, 0.4) is 0 Å². The molecule has 0 bridgehead atoms. The Morgan fingerprint density at radius 2 is 1.77 bits per heavy atom. The lowest BCUT2D eigenvalue weighted by molar-refractivity contribution is -0.291. The molecule has 2 aromatic rings. The minimum absolute atomic E-state index is 0.297. The van der Waals surface area contributed by atoms with Crippen molar-refractivity contribution >= 4 is 5.97 Å². The number of piperazine rings is 1. The molecule has 170 valence electrons. The number of carbonyl (C=O) groups excluding carboxylic acids is 1. The molecule has 10 heteroatoms. The lowest BCUT2D eigenvalue weighted by Gasteiger charge is -2.40. The molecule has 1 saturated heterocycles. The fourth-order valence-electron chi connectivity index (χ4n) is 3.96. The molecular formula is C21H27F3N4O3. The van der Waals surface area contributed by atoms with Crippen LogP contribution in [0.4, 0.5) is 13.2 Å². The Morgan fingerprint density at radius 1 is 1.16 bits per heavy atom. The number of aliphatic hydroxyl groups is 1. The van der Waals surface area contributed by atoms with Crippen LogP contribution in [0.25, 0.3) is 0 Å². The van der Waals surface area contributed by atoms with Crippen molar-refractivity contribution in [2.75, 3.05) is 39.8 Å². The molecule has 0 spiro atoms. The Bertz CT molecular complexity index is 866. The van der Waals surface area contributed by atoms with Gasteiger partial charge in [-0.05, 0) is 5.56 Å². The molecule has 1 aromatic carbocycles. The van der Waals surface area contributed by atoms with E-state index in [1.807, 2.05) is 30.3 Å². The fourth-order valence-corrected chi connectivity index (χ4v) is 3.96. The molecule has 1 aromatic heterocycles. The van der Waals surface area contributed by atoms with Gasteiger partial charge in [0.15, 0.2) is 5.82 Å². The zero-order valence-electron chi connectivity index (χ0n) is 17.5. The Labute approximate surface area is 179 Å². The summed E-state index contributed by atoms with van der Waals surface area (Å²) >= 11 is 0. The monoisotopic (exact) mass is 440 g/mol. The molecule has 1 aliphatic rings. The van der Waals surface area contributed by atoms with Crippen LogP contribution in [-0.4, -0.2) is 76.4 Å². The third-order valence-corrected chi connectivity index (χ3v) is 5.74. The van der Waals surface area contributed by atoms with Gasteiger partial charge in [-0.1, -0.05) is 30.3 Å². The normalized spacial score (nSPS) is 19.0. The molecule has 1 fully saturated rings. The zero-order chi connectivity index (χ0) is 22.6. The number of ether oxygens (including phenoxy) is 1. The number of nitrogens with zero attached hydrogens (tertiary/aromatic N) is 4. The SMILES string of the molecule is COC(=O)[C@@H](CN1CCN(Cc2ccccc2)CC1)[C@@](O)(c1nccn1C)C(F)(F)F. The summed E-state index contributed by atoms with van der Waals surface area (Å²) in [5.41, 5.74) is -2.32. The first-order chi connectivity index (χ1) is 14.7. The van der Waals surface area contributed by atoms with Gasteiger partial charge in [-0.15, -0.1) is 0 Å². The molecule has 2 atom stereocenters. The summed E-state index contributed by atoms with van der Waals surface area (Å²) in [6.45, 7) is 2.65. The summed E-state index contributed by atoms with van der Waals surface area (Å²) in [4.78, 5) is 20.1. The second-order valence-corrected chi connectivity index (χ2v) is 7.76. The summed E-state index contributed by atoms with van der Waals surface area (Å²) in [6.07, 6.45) is -2.68. The molecule has 31 heavy (non-hydrogen) atoms. The molecule has 0 amide bonds. The Kier molecular flexibility index (Phi) is 7.03. The Balaban J connectivity index is 1.76. The maximum Gasteiger partial charge on any atom is 0.425 e. The fraction of sp³-hybridized carbons (Fsp3) is 0.524. The largest absolute Gasteiger partial charge is 0.469 e. The number of esters is 1. The average molecular weight is 440 g/mol. The number of carbonyl (C=O) groups is 1. The summed E-state index contributed by atoms with van der Waals surface area (Å²) in [6, 6.07) is 9.91. The first-order valence-electron chi connectivity index (χ1n) is 10.00. The summed E-state index contributed by atoms with van der Waals surface area (Å²) in [7, 11) is 2.36. The van der Waals surface area contributed by atoms with Crippen LogP contribution in [0.5, 0.6) is 0 Å². The maximum absolute atomic E-state index is 14.1. The first kappa shape index (κ1) is 23.2. The number of halogens is 3. The van der Waals surface area contributed by atoms with E-state index in [0.29, 0.717) is 26.2 Å². The van der Waals surface area contributed by atoms with Crippen molar-refractivity contribution in [1.29, 1.82) is 0 Å². The van der Waals surface area contributed by atoms with Crippen LogP contribution in [0.15, 0.2) is 42.7 Å². The minimum Gasteiger partial charge on any atom is -0.469 e. The van der Waals surface area contributed by atoms with Gasteiger partial charge in [0.05, 0.1) is 7.11 Å². The average Bonchev–Trinajstić information content (AvgIpc) is 3.18. The summed E-state index contributed by atoms with van der Waals surface area (Å²) in [5, 5.41) is 10.9. The van der Waals surface area contributed by atoms with Crippen LogP contribution in [0.1, 0.15) is 11.4 Å². The van der Waals surface area contributed by atoms with E-state index in [4.69, 9.17) is 0 Å². The van der Waals surface area contributed by atoms with Gasteiger partial charge < -0.3 is 14.4 Å². The van der Waals surface area contributed by atoms with Crippen molar-refractivity contribution in [2.45, 2.75) is 18.3 Å². The van der Waals surface area contributed by atoms with Gasteiger partial charge in [-0.3, -0.25) is 14.6 Å². The topological polar surface area (TPSA) is 70.8 Å². The molecule has 0 saturated carbocycles. The number of hydrogen-bond acceptors (Lipinski definition) is 6. The maximum atomic E-state index is 14.1. The molecular weight excluding hydrogens is 413 g/mol. The third-order valence-electron chi connectivity index (χ3n) is 5.74. The zero-order valence-corrected chi connectivity index (χ0v) is 17.5. The van der Waals surface area contributed by atoms with Crippen LogP contribution < -0.4 is 0 Å². The molecule has 1 N–H and O–H groups in total. The summed E-state index contributed by atoms with van der Waals surface area (Å²) in [5.74, 6) is -3.65. The number of rotatable bonds is 7.